The van der Waals surface area contributed by atoms with Crippen LogP contribution in [0.15, 0.2) is 62.6 Å². The number of benzene rings is 2. The van der Waals surface area contributed by atoms with Crippen LogP contribution in [0.25, 0.3) is 22.9 Å². The van der Waals surface area contributed by atoms with Crippen molar-refractivity contribution in [1.29, 1.82) is 0 Å². The third kappa shape index (κ3) is 3.63. The van der Waals surface area contributed by atoms with E-state index in [-0.39, 0.29) is 0 Å². The normalized spacial score (nSPS) is 11.0. The molecule has 8 heteroatoms. The van der Waals surface area contributed by atoms with E-state index in [0.29, 0.717) is 39.2 Å². The van der Waals surface area contributed by atoms with Crippen LogP contribution >= 0.6 is 23.4 Å². The number of nitrogens with zero attached hydrogens (tertiary/aromatic N) is 4. The Labute approximate surface area is 158 Å². The summed E-state index contributed by atoms with van der Waals surface area (Å²) in [6, 6.07) is 15.2. The Morgan fingerprint density at radius 2 is 1.77 bits per heavy atom. The average Bonchev–Trinajstić information content (AvgIpc) is 3.30. The quantitative estimate of drug-likeness (QED) is 0.446. The predicted octanol–water partition coefficient (Wildman–Crippen LogP) is 5.04. The molecule has 6 nitrogen and oxygen atoms in total. The summed E-state index contributed by atoms with van der Waals surface area (Å²) in [4.78, 5) is 0. The number of hydrogen-bond acceptors (Lipinski definition) is 7. The van der Waals surface area contributed by atoms with Gasteiger partial charge < -0.3 is 8.83 Å². The van der Waals surface area contributed by atoms with Crippen molar-refractivity contribution < 1.29 is 8.83 Å². The summed E-state index contributed by atoms with van der Waals surface area (Å²) in [7, 11) is 0. The van der Waals surface area contributed by atoms with Crippen LogP contribution in [0.4, 0.5) is 0 Å². The molecule has 0 spiro atoms. The van der Waals surface area contributed by atoms with Crippen LogP contribution in [0.2, 0.25) is 5.02 Å². The highest BCUT2D eigenvalue weighted by Crippen LogP contribution is 2.30. The first-order valence-corrected chi connectivity index (χ1v) is 9.16. The molecule has 2 heterocycles. The number of hydrogen-bond donors (Lipinski definition) is 0. The van der Waals surface area contributed by atoms with Crippen LogP contribution in [0.3, 0.4) is 0 Å². The molecule has 0 saturated heterocycles. The van der Waals surface area contributed by atoms with Gasteiger partial charge in [-0.2, -0.15) is 0 Å². The van der Waals surface area contributed by atoms with Gasteiger partial charge in [0.05, 0.1) is 16.3 Å². The van der Waals surface area contributed by atoms with Crippen LogP contribution in [0, 0.1) is 6.92 Å². The third-order valence-corrected chi connectivity index (χ3v) is 4.69. The fourth-order valence-corrected chi connectivity index (χ4v) is 3.16. The zero-order valence-electron chi connectivity index (χ0n) is 13.7. The Hall–Kier alpha value is -2.64. The Kier molecular flexibility index (Phi) is 4.73. The lowest BCUT2D eigenvalue weighted by Gasteiger charge is -1.97. The number of aryl methyl sites for hydroxylation is 1. The monoisotopic (exact) mass is 384 g/mol. The molecule has 0 unspecified atom stereocenters. The van der Waals surface area contributed by atoms with E-state index < -0.39 is 0 Å². The first kappa shape index (κ1) is 16.8. The molecule has 4 rings (SSSR count). The summed E-state index contributed by atoms with van der Waals surface area (Å²) in [5.74, 6) is 1.79. The van der Waals surface area contributed by atoms with Gasteiger partial charge in [0.15, 0.2) is 0 Å². The maximum Gasteiger partial charge on any atom is 0.277 e. The molecular formula is C18H13ClN4O2S. The molecule has 4 aromatic rings. The summed E-state index contributed by atoms with van der Waals surface area (Å²) >= 11 is 7.47. The third-order valence-electron chi connectivity index (χ3n) is 3.56. The second kappa shape index (κ2) is 7.31. The zero-order valence-corrected chi connectivity index (χ0v) is 15.3. The smallest absolute Gasteiger partial charge is 0.277 e. The lowest BCUT2D eigenvalue weighted by atomic mass is 10.1. The van der Waals surface area contributed by atoms with Gasteiger partial charge in [-0.15, -0.1) is 20.4 Å². The largest absolute Gasteiger partial charge is 0.420 e. The number of halogens is 1. The van der Waals surface area contributed by atoms with E-state index >= 15 is 0 Å². The van der Waals surface area contributed by atoms with E-state index in [1.807, 2.05) is 49.4 Å². The van der Waals surface area contributed by atoms with Gasteiger partial charge in [0.2, 0.25) is 17.7 Å². The molecule has 0 saturated carbocycles. The van der Waals surface area contributed by atoms with Crippen molar-refractivity contribution >= 4 is 23.4 Å². The van der Waals surface area contributed by atoms with Crippen molar-refractivity contribution in [3.8, 4) is 22.9 Å². The van der Waals surface area contributed by atoms with Gasteiger partial charge in [-0.05, 0) is 31.2 Å². The molecule has 0 aliphatic heterocycles. The number of thioether (sulfide) groups is 1. The first-order valence-electron chi connectivity index (χ1n) is 7.79. The van der Waals surface area contributed by atoms with Crippen molar-refractivity contribution in [2.45, 2.75) is 17.9 Å². The van der Waals surface area contributed by atoms with Crippen LogP contribution in [-0.2, 0) is 5.75 Å². The van der Waals surface area contributed by atoms with Crippen molar-refractivity contribution in [3.05, 3.63) is 65.0 Å². The van der Waals surface area contributed by atoms with Gasteiger partial charge >= 0.3 is 0 Å². The SMILES string of the molecule is Cc1cccc(-c2nnc(CSc3nnc(-c4ccccc4Cl)o3)o2)c1. The van der Waals surface area contributed by atoms with E-state index in [1.54, 1.807) is 6.07 Å². The topological polar surface area (TPSA) is 77.8 Å². The maximum atomic E-state index is 6.15. The highest BCUT2D eigenvalue weighted by atomic mass is 35.5. The molecule has 130 valence electrons. The minimum absolute atomic E-state index is 0.379. The Balaban J connectivity index is 1.45. The predicted molar refractivity (Wildman–Crippen MR) is 98.8 cm³/mol. The molecule has 0 radical (unpaired) electrons. The van der Waals surface area contributed by atoms with Crippen LogP contribution in [-0.4, -0.2) is 20.4 Å². The van der Waals surface area contributed by atoms with Crippen LogP contribution < -0.4 is 0 Å². The van der Waals surface area contributed by atoms with E-state index in [0.717, 1.165) is 11.1 Å². The van der Waals surface area contributed by atoms with Gasteiger partial charge in [0, 0.05) is 5.56 Å². The Morgan fingerprint density at radius 3 is 2.62 bits per heavy atom. The van der Waals surface area contributed by atoms with Gasteiger partial charge in [0.1, 0.15) is 0 Å². The van der Waals surface area contributed by atoms with Crippen molar-refractivity contribution in [2.24, 2.45) is 0 Å². The van der Waals surface area contributed by atoms with Gasteiger partial charge in [-0.25, -0.2) is 0 Å². The summed E-state index contributed by atoms with van der Waals surface area (Å²) < 4.78 is 11.3. The van der Waals surface area contributed by atoms with Gasteiger partial charge in [0.25, 0.3) is 5.22 Å². The molecule has 0 fully saturated rings. The van der Waals surface area contributed by atoms with Crippen molar-refractivity contribution in [3.63, 3.8) is 0 Å². The van der Waals surface area contributed by atoms with Crippen molar-refractivity contribution in [2.75, 3.05) is 0 Å². The molecule has 2 aromatic heterocycles. The van der Waals surface area contributed by atoms with E-state index in [4.69, 9.17) is 20.4 Å². The van der Waals surface area contributed by atoms with Gasteiger partial charge in [-0.3, -0.25) is 0 Å². The summed E-state index contributed by atoms with van der Waals surface area (Å²) in [5, 5.41) is 17.2. The first-order chi connectivity index (χ1) is 12.7. The molecule has 2 aromatic carbocycles. The number of rotatable bonds is 5. The second-order valence-corrected chi connectivity index (χ2v) is 6.85. The van der Waals surface area contributed by atoms with Crippen molar-refractivity contribution in [1.82, 2.24) is 20.4 Å². The summed E-state index contributed by atoms with van der Waals surface area (Å²) in [5.41, 5.74) is 2.73. The zero-order chi connectivity index (χ0) is 17.9. The number of aromatic nitrogens is 4. The standard InChI is InChI=1S/C18H13ClN4O2S/c1-11-5-4-6-12(9-11)16-21-20-15(24-16)10-26-18-23-22-17(25-18)13-7-2-3-8-14(13)19/h2-9H,10H2,1H3. The average molecular weight is 385 g/mol. The minimum Gasteiger partial charge on any atom is -0.420 e. The molecular weight excluding hydrogens is 372 g/mol. The molecule has 0 atom stereocenters. The second-order valence-electron chi connectivity index (χ2n) is 5.51. The summed E-state index contributed by atoms with van der Waals surface area (Å²) in [6.07, 6.45) is 0. The lowest BCUT2D eigenvalue weighted by Crippen LogP contribution is -1.80. The highest BCUT2D eigenvalue weighted by Gasteiger charge is 2.14. The fourth-order valence-electron chi connectivity index (χ4n) is 2.34. The highest BCUT2D eigenvalue weighted by molar-refractivity contribution is 7.98. The Bertz CT molecular complexity index is 1050. The van der Waals surface area contributed by atoms with Crippen LogP contribution in [0.5, 0.6) is 0 Å². The van der Waals surface area contributed by atoms with Crippen LogP contribution in [0.1, 0.15) is 11.5 Å². The fraction of sp³-hybridized carbons (Fsp3) is 0.111. The molecule has 0 N–H and O–H groups in total. The summed E-state index contributed by atoms with van der Waals surface area (Å²) in [6.45, 7) is 2.02. The Morgan fingerprint density at radius 1 is 0.923 bits per heavy atom. The molecule has 26 heavy (non-hydrogen) atoms. The van der Waals surface area contributed by atoms with Gasteiger partial charge in [-0.1, -0.05) is 53.2 Å². The lowest BCUT2D eigenvalue weighted by molar-refractivity contribution is 0.464. The molecule has 0 aliphatic rings. The maximum absolute atomic E-state index is 6.15. The van der Waals surface area contributed by atoms with E-state index in [9.17, 15) is 0 Å². The molecule has 0 bridgehead atoms. The minimum atomic E-state index is 0.379. The molecule has 0 amide bonds. The van der Waals surface area contributed by atoms with E-state index in [2.05, 4.69) is 20.4 Å². The molecule has 0 aliphatic carbocycles. The van der Waals surface area contributed by atoms with E-state index in [1.165, 1.54) is 11.8 Å².